The Labute approximate surface area is 139 Å². The first kappa shape index (κ1) is 17.6. The van der Waals surface area contributed by atoms with Crippen LogP contribution < -0.4 is 19.5 Å². The second kappa shape index (κ2) is 8.22. The van der Waals surface area contributed by atoms with Gasteiger partial charge in [0, 0.05) is 43.9 Å². The van der Waals surface area contributed by atoms with Gasteiger partial charge < -0.3 is 19.5 Å². The largest absolute Gasteiger partial charge is 0.496 e. The first-order valence-electron chi connectivity index (χ1n) is 7.99. The molecule has 0 amide bonds. The van der Waals surface area contributed by atoms with Gasteiger partial charge in [-0.1, -0.05) is 5.57 Å². The maximum atomic E-state index is 5.63. The van der Waals surface area contributed by atoms with E-state index >= 15 is 0 Å². The van der Waals surface area contributed by atoms with Crippen LogP contribution in [0.4, 0.5) is 0 Å². The molecule has 1 heterocycles. The Morgan fingerprint density at radius 2 is 1.65 bits per heavy atom. The van der Waals surface area contributed by atoms with Crippen LogP contribution in [0.5, 0.6) is 17.2 Å². The molecule has 1 aliphatic heterocycles. The molecule has 0 aromatic heterocycles. The third-order valence-corrected chi connectivity index (χ3v) is 4.23. The van der Waals surface area contributed by atoms with Crippen molar-refractivity contribution >= 4 is 0 Å². The van der Waals surface area contributed by atoms with Gasteiger partial charge in [-0.2, -0.15) is 0 Å². The summed E-state index contributed by atoms with van der Waals surface area (Å²) in [6.07, 6.45) is 0.895. The number of piperazine rings is 1. The van der Waals surface area contributed by atoms with E-state index in [0.29, 0.717) is 5.75 Å². The Balaban J connectivity index is 2.44. The minimum Gasteiger partial charge on any atom is -0.496 e. The normalized spacial score (nSPS) is 16.7. The molecule has 23 heavy (non-hydrogen) atoms. The summed E-state index contributed by atoms with van der Waals surface area (Å²) in [5, 5.41) is 3.40. The molecular weight excluding hydrogens is 292 g/mol. The zero-order valence-corrected chi connectivity index (χ0v) is 14.6. The van der Waals surface area contributed by atoms with E-state index in [-0.39, 0.29) is 6.04 Å². The fraction of sp³-hybridized carbons (Fsp3) is 0.556. The molecule has 1 aliphatic rings. The molecule has 5 heteroatoms. The standard InChI is InChI=1S/C18H28N2O3/c1-13(2)10-15(20-8-6-19-7-9-20)14-11-17(22-4)18(23-5)12-16(14)21-3/h11-12,15,19H,1,6-10H2,2-5H3/t15-/m0/s1. The minimum atomic E-state index is 0.226. The highest BCUT2D eigenvalue weighted by molar-refractivity contribution is 5.52. The topological polar surface area (TPSA) is 43.0 Å². The summed E-state index contributed by atoms with van der Waals surface area (Å²) >= 11 is 0. The van der Waals surface area contributed by atoms with E-state index in [4.69, 9.17) is 14.2 Å². The van der Waals surface area contributed by atoms with Crippen LogP contribution in [0.25, 0.3) is 0 Å². The lowest BCUT2D eigenvalue weighted by Crippen LogP contribution is -2.45. The predicted octanol–water partition coefficient (Wildman–Crippen LogP) is 2.62. The summed E-state index contributed by atoms with van der Waals surface area (Å²) in [4.78, 5) is 2.48. The van der Waals surface area contributed by atoms with Crippen molar-refractivity contribution in [2.45, 2.75) is 19.4 Å². The van der Waals surface area contributed by atoms with Crippen LogP contribution in [0.15, 0.2) is 24.3 Å². The lowest BCUT2D eigenvalue weighted by molar-refractivity contribution is 0.169. The number of nitrogens with zero attached hydrogens (tertiary/aromatic N) is 1. The van der Waals surface area contributed by atoms with Gasteiger partial charge in [-0.15, -0.1) is 6.58 Å². The molecule has 1 saturated heterocycles. The first-order chi connectivity index (χ1) is 11.1. The Morgan fingerprint density at radius 3 is 2.17 bits per heavy atom. The fourth-order valence-electron chi connectivity index (χ4n) is 3.07. The molecular formula is C18H28N2O3. The van der Waals surface area contributed by atoms with Gasteiger partial charge in [0.2, 0.25) is 0 Å². The number of rotatable bonds is 7. The van der Waals surface area contributed by atoms with Gasteiger partial charge in [0.05, 0.1) is 21.3 Å². The second-order valence-corrected chi connectivity index (χ2v) is 5.91. The van der Waals surface area contributed by atoms with Crippen molar-refractivity contribution in [3.8, 4) is 17.2 Å². The number of benzene rings is 1. The highest BCUT2D eigenvalue weighted by atomic mass is 16.5. The molecule has 0 spiro atoms. The van der Waals surface area contributed by atoms with Crippen LogP contribution in [0.2, 0.25) is 0 Å². The molecule has 1 fully saturated rings. The van der Waals surface area contributed by atoms with Gasteiger partial charge in [0.1, 0.15) is 5.75 Å². The molecule has 0 aliphatic carbocycles. The third-order valence-electron chi connectivity index (χ3n) is 4.23. The monoisotopic (exact) mass is 320 g/mol. The zero-order chi connectivity index (χ0) is 16.8. The Morgan fingerprint density at radius 1 is 1.09 bits per heavy atom. The smallest absolute Gasteiger partial charge is 0.164 e. The molecule has 1 aromatic carbocycles. The third kappa shape index (κ3) is 4.18. The van der Waals surface area contributed by atoms with Crippen LogP contribution in [0.3, 0.4) is 0 Å². The van der Waals surface area contributed by atoms with Crippen molar-refractivity contribution in [2.24, 2.45) is 0 Å². The van der Waals surface area contributed by atoms with Crippen molar-refractivity contribution < 1.29 is 14.2 Å². The molecule has 2 rings (SSSR count). The summed E-state index contributed by atoms with van der Waals surface area (Å²) in [7, 11) is 4.99. The van der Waals surface area contributed by atoms with E-state index in [9.17, 15) is 0 Å². The van der Waals surface area contributed by atoms with Gasteiger partial charge in [0.15, 0.2) is 11.5 Å². The summed E-state index contributed by atoms with van der Waals surface area (Å²) in [5.74, 6) is 2.24. The minimum absolute atomic E-state index is 0.226. The summed E-state index contributed by atoms with van der Waals surface area (Å²) < 4.78 is 16.5. The second-order valence-electron chi connectivity index (χ2n) is 5.91. The van der Waals surface area contributed by atoms with E-state index < -0.39 is 0 Å². The highest BCUT2D eigenvalue weighted by Crippen LogP contribution is 2.41. The average molecular weight is 320 g/mol. The van der Waals surface area contributed by atoms with E-state index in [0.717, 1.165) is 55.2 Å². The zero-order valence-electron chi connectivity index (χ0n) is 14.6. The lowest BCUT2D eigenvalue weighted by Gasteiger charge is -2.36. The number of methoxy groups -OCH3 is 3. The van der Waals surface area contributed by atoms with E-state index in [2.05, 4.69) is 23.7 Å². The Bertz CT molecular complexity index is 539. The summed E-state index contributed by atoms with van der Waals surface area (Å²) in [6, 6.07) is 4.17. The van der Waals surface area contributed by atoms with E-state index in [1.807, 2.05) is 12.1 Å². The van der Waals surface area contributed by atoms with Gasteiger partial charge in [-0.05, 0) is 19.4 Å². The number of nitrogens with one attached hydrogen (secondary N) is 1. The van der Waals surface area contributed by atoms with Gasteiger partial charge in [-0.25, -0.2) is 0 Å². The molecule has 128 valence electrons. The quantitative estimate of drug-likeness (QED) is 0.782. The molecule has 0 radical (unpaired) electrons. The van der Waals surface area contributed by atoms with Crippen LogP contribution in [0.1, 0.15) is 24.9 Å². The molecule has 5 nitrogen and oxygen atoms in total. The Kier molecular flexibility index (Phi) is 6.30. The molecule has 0 saturated carbocycles. The van der Waals surface area contributed by atoms with E-state index in [1.54, 1.807) is 21.3 Å². The molecule has 1 atom stereocenters. The number of ether oxygens (including phenoxy) is 3. The average Bonchev–Trinajstić information content (AvgIpc) is 2.59. The van der Waals surface area contributed by atoms with Gasteiger partial charge in [0.25, 0.3) is 0 Å². The maximum absolute atomic E-state index is 5.63. The molecule has 1 N–H and O–H groups in total. The van der Waals surface area contributed by atoms with E-state index in [1.165, 1.54) is 0 Å². The Hall–Kier alpha value is -1.72. The maximum Gasteiger partial charge on any atom is 0.164 e. The molecule has 1 aromatic rings. The number of hydrogen-bond acceptors (Lipinski definition) is 5. The van der Waals surface area contributed by atoms with Crippen LogP contribution in [0, 0.1) is 0 Å². The fourth-order valence-corrected chi connectivity index (χ4v) is 3.07. The van der Waals surface area contributed by atoms with Crippen molar-refractivity contribution in [1.29, 1.82) is 0 Å². The highest BCUT2D eigenvalue weighted by Gasteiger charge is 2.26. The summed E-state index contributed by atoms with van der Waals surface area (Å²) in [6.45, 7) is 10.2. The molecule has 0 bridgehead atoms. The van der Waals surface area contributed by atoms with Crippen molar-refractivity contribution in [1.82, 2.24) is 10.2 Å². The van der Waals surface area contributed by atoms with Crippen LogP contribution in [-0.4, -0.2) is 52.4 Å². The van der Waals surface area contributed by atoms with Gasteiger partial charge in [-0.3, -0.25) is 4.90 Å². The van der Waals surface area contributed by atoms with Crippen molar-refractivity contribution in [3.63, 3.8) is 0 Å². The van der Waals surface area contributed by atoms with Crippen molar-refractivity contribution in [2.75, 3.05) is 47.5 Å². The van der Waals surface area contributed by atoms with Gasteiger partial charge >= 0.3 is 0 Å². The van der Waals surface area contributed by atoms with Crippen molar-refractivity contribution in [3.05, 3.63) is 29.8 Å². The van der Waals surface area contributed by atoms with Crippen LogP contribution in [-0.2, 0) is 0 Å². The lowest BCUT2D eigenvalue weighted by atomic mass is 9.96. The summed E-state index contributed by atoms with van der Waals surface area (Å²) in [5.41, 5.74) is 2.28. The first-order valence-corrected chi connectivity index (χ1v) is 7.99. The SMILES string of the molecule is C=C(C)C[C@@H](c1cc(OC)c(OC)cc1OC)N1CCNCC1. The number of hydrogen-bond donors (Lipinski definition) is 1. The predicted molar refractivity (Wildman–Crippen MR) is 92.7 cm³/mol. The van der Waals surface area contributed by atoms with Crippen LogP contribution >= 0.6 is 0 Å². The molecule has 0 unspecified atom stereocenters.